The highest BCUT2D eigenvalue weighted by molar-refractivity contribution is 7.89. The van der Waals surface area contributed by atoms with Crippen molar-refractivity contribution in [1.82, 2.24) is 4.31 Å². The first-order chi connectivity index (χ1) is 10.1. The minimum Gasteiger partial charge on any atom is -0.384 e. The van der Waals surface area contributed by atoms with Gasteiger partial charge >= 0.3 is 0 Å². The van der Waals surface area contributed by atoms with Crippen LogP contribution in [-0.4, -0.2) is 31.9 Å². The quantitative estimate of drug-likeness (QED) is 0.760. The molecule has 5 heteroatoms. The molecule has 0 saturated heterocycles. The molecule has 0 aliphatic heterocycles. The zero-order chi connectivity index (χ0) is 15.3. The van der Waals surface area contributed by atoms with E-state index in [0.29, 0.717) is 11.4 Å². The number of sulfonamides is 1. The lowest BCUT2D eigenvalue weighted by molar-refractivity contribution is 0.396. The number of hydrogen-bond acceptors (Lipinski definition) is 3. The topological polar surface area (TPSA) is 49.4 Å². The van der Waals surface area contributed by atoms with Gasteiger partial charge in [0.05, 0.1) is 5.69 Å². The number of unbranched alkanes of at least 4 members (excludes halogenated alkanes) is 1. The van der Waals surface area contributed by atoms with E-state index in [2.05, 4.69) is 19.2 Å². The first-order valence-corrected chi connectivity index (χ1v) is 9.40. The number of rotatable bonds is 9. The van der Waals surface area contributed by atoms with E-state index < -0.39 is 10.0 Å². The van der Waals surface area contributed by atoms with E-state index in [1.165, 1.54) is 0 Å². The van der Waals surface area contributed by atoms with Gasteiger partial charge in [0.25, 0.3) is 0 Å². The highest BCUT2D eigenvalue weighted by atomic mass is 32.2. The molecular formula is C16H26N2O2S. The van der Waals surface area contributed by atoms with Crippen molar-refractivity contribution < 1.29 is 8.42 Å². The van der Waals surface area contributed by atoms with Crippen molar-refractivity contribution in [3.05, 3.63) is 24.3 Å². The number of benzene rings is 1. The lowest BCUT2D eigenvalue weighted by Gasteiger charge is -2.23. The number of anilines is 1. The summed E-state index contributed by atoms with van der Waals surface area (Å²) in [6, 6.07) is 7.46. The highest BCUT2D eigenvalue weighted by Gasteiger charge is 2.38. The Bertz CT molecular complexity index is 553. The van der Waals surface area contributed by atoms with Gasteiger partial charge in [-0.15, -0.1) is 0 Å². The Hall–Kier alpha value is -1.07. The highest BCUT2D eigenvalue weighted by Crippen LogP contribution is 2.34. The largest absolute Gasteiger partial charge is 0.384 e. The smallest absolute Gasteiger partial charge is 0.245 e. The van der Waals surface area contributed by atoms with Crippen molar-refractivity contribution in [2.75, 3.05) is 18.4 Å². The molecule has 1 N–H and O–H groups in total. The Morgan fingerprint density at radius 1 is 1.19 bits per heavy atom. The molecule has 0 bridgehead atoms. The fraction of sp³-hybridized carbons (Fsp3) is 0.625. The monoisotopic (exact) mass is 310 g/mol. The maximum atomic E-state index is 13.0. The second-order valence-electron chi connectivity index (χ2n) is 5.62. The summed E-state index contributed by atoms with van der Waals surface area (Å²) < 4.78 is 27.7. The number of hydrogen-bond donors (Lipinski definition) is 1. The van der Waals surface area contributed by atoms with Gasteiger partial charge in [0, 0.05) is 19.1 Å². The summed E-state index contributed by atoms with van der Waals surface area (Å²) in [4.78, 5) is 0.418. The summed E-state index contributed by atoms with van der Waals surface area (Å²) in [6.07, 6.45) is 4.88. The minimum atomic E-state index is -3.40. The maximum Gasteiger partial charge on any atom is 0.245 e. The Balaban J connectivity index is 2.28. The molecule has 0 unspecified atom stereocenters. The zero-order valence-corrected chi connectivity index (χ0v) is 13.8. The molecule has 118 valence electrons. The van der Waals surface area contributed by atoms with Crippen molar-refractivity contribution in [3.63, 3.8) is 0 Å². The second-order valence-corrected chi connectivity index (χ2v) is 7.48. The fourth-order valence-electron chi connectivity index (χ4n) is 2.40. The van der Waals surface area contributed by atoms with Gasteiger partial charge in [-0.3, -0.25) is 0 Å². The zero-order valence-electron chi connectivity index (χ0n) is 13.0. The molecule has 21 heavy (non-hydrogen) atoms. The van der Waals surface area contributed by atoms with Crippen LogP contribution in [0.4, 0.5) is 5.69 Å². The van der Waals surface area contributed by atoms with Gasteiger partial charge < -0.3 is 5.32 Å². The summed E-state index contributed by atoms with van der Waals surface area (Å²) >= 11 is 0. The van der Waals surface area contributed by atoms with Crippen LogP contribution in [0.1, 0.15) is 46.0 Å². The van der Waals surface area contributed by atoms with E-state index in [1.54, 1.807) is 16.4 Å². The SMILES string of the molecule is CCCCN(C1CC1)S(=O)(=O)c1ccccc1NCCC. The van der Waals surface area contributed by atoms with Gasteiger partial charge in [-0.2, -0.15) is 4.31 Å². The summed E-state index contributed by atoms with van der Waals surface area (Å²) in [5.41, 5.74) is 0.724. The van der Waals surface area contributed by atoms with E-state index in [-0.39, 0.29) is 6.04 Å². The number of nitrogens with one attached hydrogen (secondary N) is 1. The van der Waals surface area contributed by atoms with Crippen LogP contribution < -0.4 is 5.32 Å². The Morgan fingerprint density at radius 3 is 2.52 bits per heavy atom. The molecule has 0 atom stereocenters. The average Bonchev–Trinajstić information content (AvgIpc) is 3.30. The first-order valence-electron chi connectivity index (χ1n) is 7.96. The van der Waals surface area contributed by atoms with Crippen LogP contribution >= 0.6 is 0 Å². The van der Waals surface area contributed by atoms with Crippen molar-refractivity contribution in [2.24, 2.45) is 0 Å². The molecule has 4 nitrogen and oxygen atoms in total. The third-order valence-corrected chi connectivity index (χ3v) is 5.74. The fourth-order valence-corrected chi connectivity index (χ4v) is 4.29. The minimum absolute atomic E-state index is 0.209. The van der Waals surface area contributed by atoms with Gasteiger partial charge in [0.15, 0.2) is 0 Å². The van der Waals surface area contributed by atoms with E-state index >= 15 is 0 Å². The second kappa shape index (κ2) is 7.27. The predicted octanol–water partition coefficient (Wildman–Crippen LogP) is 3.46. The van der Waals surface area contributed by atoms with E-state index in [9.17, 15) is 8.42 Å². The lowest BCUT2D eigenvalue weighted by atomic mass is 10.3. The summed E-state index contributed by atoms with van der Waals surface area (Å²) in [5, 5.41) is 3.23. The van der Waals surface area contributed by atoms with Crippen LogP contribution in [0, 0.1) is 0 Å². The van der Waals surface area contributed by atoms with Crippen molar-refractivity contribution in [2.45, 2.75) is 56.9 Å². The molecule has 0 aromatic heterocycles. The van der Waals surface area contributed by atoms with E-state index in [1.807, 2.05) is 12.1 Å². The molecule has 1 aromatic carbocycles. The third kappa shape index (κ3) is 3.98. The molecular weight excluding hydrogens is 284 g/mol. The maximum absolute atomic E-state index is 13.0. The Kier molecular flexibility index (Phi) is 5.65. The van der Waals surface area contributed by atoms with Crippen LogP contribution in [0.25, 0.3) is 0 Å². The standard InChI is InChI=1S/C16H26N2O2S/c1-3-5-13-18(14-10-11-14)21(19,20)16-9-7-6-8-15(16)17-12-4-2/h6-9,14,17H,3-5,10-13H2,1-2H3. The van der Waals surface area contributed by atoms with Crippen molar-refractivity contribution >= 4 is 15.7 Å². The van der Waals surface area contributed by atoms with Crippen LogP contribution in [0.5, 0.6) is 0 Å². The van der Waals surface area contributed by atoms with E-state index in [4.69, 9.17) is 0 Å². The number of para-hydroxylation sites is 1. The van der Waals surface area contributed by atoms with Crippen LogP contribution in [-0.2, 0) is 10.0 Å². The van der Waals surface area contributed by atoms with Crippen LogP contribution in [0.15, 0.2) is 29.2 Å². The summed E-state index contributed by atoms with van der Waals surface area (Å²) in [6.45, 7) is 5.58. The molecule has 0 radical (unpaired) electrons. The molecule has 1 aromatic rings. The first kappa shape index (κ1) is 16.3. The van der Waals surface area contributed by atoms with Gasteiger partial charge in [0.1, 0.15) is 4.90 Å². The average molecular weight is 310 g/mol. The van der Waals surface area contributed by atoms with Gasteiger partial charge in [0.2, 0.25) is 10.0 Å². The number of nitrogens with zero attached hydrogens (tertiary/aromatic N) is 1. The summed E-state index contributed by atoms with van der Waals surface area (Å²) in [7, 11) is -3.40. The van der Waals surface area contributed by atoms with Crippen LogP contribution in [0.2, 0.25) is 0 Å². The summed E-state index contributed by atoms with van der Waals surface area (Å²) in [5.74, 6) is 0. The van der Waals surface area contributed by atoms with E-state index in [0.717, 1.165) is 44.3 Å². The van der Waals surface area contributed by atoms with Crippen molar-refractivity contribution in [1.29, 1.82) is 0 Å². The van der Waals surface area contributed by atoms with Gasteiger partial charge in [-0.1, -0.05) is 32.4 Å². The molecule has 0 spiro atoms. The normalized spacial score (nSPS) is 15.4. The van der Waals surface area contributed by atoms with Crippen molar-refractivity contribution in [3.8, 4) is 0 Å². The molecule has 1 aliphatic carbocycles. The Labute approximate surface area is 128 Å². The molecule has 1 fully saturated rings. The molecule has 1 aliphatic rings. The van der Waals surface area contributed by atoms with Gasteiger partial charge in [-0.05, 0) is 37.8 Å². The molecule has 0 heterocycles. The van der Waals surface area contributed by atoms with Crippen LogP contribution in [0.3, 0.4) is 0 Å². The molecule has 1 saturated carbocycles. The van der Waals surface area contributed by atoms with Gasteiger partial charge in [-0.25, -0.2) is 8.42 Å². The Morgan fingerprint density at radius 2 is 1.90 bits per heavy atom. The predicted molar refractivity (Wildman–Crippen MR) is 87.0 cm³/mol. The third-order valence-electron chi connectivity index (χ3n) is 3.73. The molecule has 2 rings (SSSR count). The molecule has 0 amide bonds. The lowest BCUT2D eigenvalue weighted by Crippen LogP contribution is -2.34.